The number of hydrogen-bond donors (Lipinski definition) is 2. The fourth-order valence-electron chi connectivity index (χ4n) is 2.77. The van der Waals surface area contributed by atoms with Crippen LogP contribution in [0.25, 0.3) is 0 Å². The van der Waals surface area contributed by atoms with Gasteiger partial charge in [-0.1, -0.05) is 12.8 Å². The van der Waals surface area contributed by atoms with Gasteiger partial charge in [0.25, 0.3) is 0 Å². The van der Waals surface area contributed by atoms with E-state index in [1.165, 1.54) is 19.2 Å². The zero-order valence-electron chi connectivity index (χ0n) is 12.4. The predicted molar refractivity (Wildman–Crippen MR) is 85.3 cm³/mol. The van der Waals surface area contributed by atoms with Gasteiger partial charge in [-0.2, -0.15) is 0 Å². The maximum Gasteiger partial charge on any atom is 0.241 e. The Hall–Kier alpha value is -0.890. The van der Waals surface area contributed by atoms with Crippen molar-refractivity contribution in [1.82, 2.24) is 4.72 Å². The molecule has 126 valence electrons. The molecule has 22 heavy (non-hydrogen) atoms. The number of benzene rings is 1. The Bertz CT molecular complexity index is 592. The van der Waals surface area contributed by atoms with E-state index in [1.54, 1.807) is 0 Å². The highest BCUT2D eigenvalue weighted by atomic mass is 35.5. The molecule has 0 heterocycles. The van der Waals surface area contributed by atoms with Gasteiger partial charge in [0, 0.05) is 18.7 Å². The number of ether oxygens (including phenoxy) is 1. The van der Waals surface area contributed by atoms with Crippen molar-refractivity contribution < 1.29 is 17.5 Å². The van der Waals surface area contributed by atoms with Gasteiger partial charge in [-0.15, -0.1) is 12.4 Å². The van der Waals surface area contributed by atoms with Gasteiger partial charge >= 0.3 is 0 Å². The first-order chi connectivity index (χ1) is 9.97. The lowest BCUT2D eigenvalue weighted by Gasteiger charge is -2.23. The molecule has 1 aliphatic rings. The molecular formula is C14H22ClFN2O3S. The van der Waals surface area contributed by atoms with Crippen LogP contribution in [0.2, 0.25) is 0 Å². The molecule has 1 aromatic rings. The minimum absolute atomic E-state index is 0. The smallest absolute Gasteiger partial charge is 0.241 e. The lowest BCUT2D eigenvalue weighted by molar-refractivity contribution is 0.384. The molecule has 0 aromatic heterocycles. The Morgan fingerprint density at radius 2 is 2.05 bits per heavy atom. The highest BCUT2D eigenvalue weighted by Gasteiger charge is 2.28. The van der Waals surface area contributed by atoms with E-state index in [-0.39, 0.29) is 41.6 Å². The summed E-state index contributed by atoms with van der Waals surface area (Å²) in [5.41, 5.74) is 5.71. The van der Waals surface area contributed by atoms with Crippen LogP contribution in [0.4, 0.5) is 4.39 Å². The SMILES string of the molecule is COc1cc(S(=O)(=O)NC(CN)C2CCCC2)ccc1F.Cl. The third-order valence-corrected chi connectivity index (χ3v) is 5.45. The van der Waals surface area contributed by atoms with Gasteiger partial charge in [0.15, 0.2) is 11.6 Å². The normalized spacial score (nSPS) is 17.0. The molecule has 1 saturated carbocycles. The van der Waals surface area contributed by atoms with Crippen molar-refractivity contribution in [3.05, 3.63) is 24.0 Å². The molecule has 0 saturated heterocycles. The fourth-order valence-corrected chi connectivity index (χ4v) is 4.10. The third kappa shape index (κ3) is 4.32. The number of methoxy groups -OCH3 is 1. The van der Waals surface area contributed by atoms with Crippen molar-refractivity contribution in [2.45, 2.75) is 36.6 Å². The number of nitrogens with two attached hydrogens (primary N) is 1. The van der Waals surface area contributed by atoms with Crippen LogP contribution in [-0.2, 0) is 10.0 Å². The van der Waals surface area contributed by atoms with E-state index < -0.39 is 15.8 Å². The van der Waals surface area contributed by atoms with Gasteiger partial charge in [-0.25, -0.2) is 17.5 Å². The van der Waals surface area contributed by atoms with Crippen molar-refractivity contribution in [1.29, 1.82) is 0 Å². The van der Waals surface area contributed by atoms with Crippen LogP contribution in [0.15, 0.2) is 23.1 Å². The number of rotatable bonds is 6. The summed E-state index contributed by atoms with van der Waals surface area (Å²) in [6, 6.07) is 3.21. The number of sulfonamides is 1. The standard InChI is InChI=1S/C14H21FN2O3S.ClH/c1-20-14-8-11(6-7-12(14)15)21(18,19)17-13(9-16)10-4-2-3-5-10;/h6-8,10,13,17H,2-5,9,16H2,1H3;1H. The summed E-state index contributed by atoms with van der Waals surface area (Å²) in [5, 5.41) is 0. The lowest BCUT2D eigenvalue weighted by atomic mass is 9.99. The van der Waals surface area contributed by atoms with E-state index in [9.17, 15) is 12.8 Å². The highest BCUT2D eigenvalue weighted by Crippen LogP contribution is 2.28. The van der Waals surface area contributed by atoms with Gasteiger partial charge in [0.2, 0.25) is 10.0 Å². The monoisotopic (exact) mass is 352 g/mol. The maximum atomic E-state index is 13.4. The molecule has 0 amide bonds. The Kier molecular flexibility index (Phi) is 7.05. The average Bonchev–Trinajstić information content (AvgIpc) is 2.99. The van der Waals surface area contributed by atoms with Crippen LogP contribution in [0.5, 0.6) is 5.75 Å². The van der Waals surface area contributed by atoms with E-state index in [0.29, 0.717) is 0 Å². The summed E-state index contributed by atoms with van der Waals surface area (Å²) in [6.07, 6.45) is 4.18. The van der Waals surface area contributed by atoms with E-state index >= 15 is 0 Å². The molecule has 0 spiro atoms. The fraction of sp³-hybridized carbons (Fsp3) is 0.571. The number of nitrogens with one attached hydrogen (secondary N) is 1. The predicted octanol–water partition coefficient (Wildman–Crippen LogP) is 2.05. The van der Waals surface area contributed by atoms with Crippen LogP contribution < -0.4 is 15.2 Å². The van der Waals surface area contributed by atoms with Gasteiger partial charge in [-0.05, 0) is 30.9 Å². The Morgan fingerprint density at radius 1 is 1.41 bits per heavy atom. The first-order valence-electron chi connectivity index (χ1n) is 7.04. The van der Waals surface area contributed by atoms with E-state index in [4.69, 9.17) is 10.5 Å². The average molecular weight is 353 g/mol. The summed E-state index contributed by atoms with van der Waals surface area (Å²) in [6.45, 7) is 0.252. The number of hydrogen-bond acceptors (Lipinski definition) is 4. The van der Waals surface area contributed by atoms with Gasteiger partial charge in [0.05, 0.1) is 12.0 Å². The zero-order valence-corrected chi connectivity index (χ0v) is 14.1. The molecule has 8 heteroatoms. The second kappa shape index (κ2) is 8.10. The molecule has 1 atom stereocenters. The van der Waals surface area contributed by atoms with E-state index in [1.807, 2.05) is 0 Å². The molecule has 1 fully saturated rings. The lowest BCUT2D eigenvalue weighted by Crippen LogP contribution is -2.44. The minimum atomic E-state index is -3.74. The zero-order chi connectivity index (χ0) is 15.5. The van der Waals surface area contributed by atoms with Gasteiger partial charge < -0.3 is 10.5 Å². The summed E-state index contributed by atoms with van der Waals surface area (Å²) >= 11 is 0. The summed E-state index contributed by atoms with van der Waals surface area (Å²) in [7, 11) is -2.44. The molecule has 0 radical (unpaired) electrons. The van der Waals surface area contributed by atoms with Crippen LogP contribution in [0, 0.1) is 11.7 Å². The molecule has 1 aliphatic carbocycles. The summed E-state index contributed by atoms with van der Waals surface area (Å²) in [5.74, 6) is -0.419. The summed E-state index contributed by atoms with van der Waals surface area (Å²) in [4.78, 5) is -0.0165. The van der Waals surface area contributed by atoms with E-state index in [0.717, 1.165) is 31.7 Å². The first kappa shape index (κ1) is 19.2. The topological polar surface area (TPSA) is 81.4 Å². The molecule has 3 N–H and O–H groups in total. The Balaban J connectivity index is 0.00000242. The molecule has 0 aliphatic heterocycles. The van der Waals surface area contributed by atoms with E-state index in [2.05, 4.69) is 4.72 Å². The van der Waals surface area contributed by atoms with Crippen molar-refractivity contribution in [3.63, 3.8) is 0 Å². The molecule has 0 bridgehead atoms. The quantitative estimate of drug-likeness (QED) is 0.821. The maximum absolute atomic E-state index is 13.4. The van der Waals surface area contributed by atoms with Crippen molar-refractivity contribution in [3.8, 4) is 5.75 Å². The second-order valence-corrected chi connectivity index (χ2v) is 7.02. The molecule has 5 nitrogen and oxygen atoms in total. The van der Waals surface area contributed by atoms with Gasteiger partial charge in [0.1, 0.15) is 0 Å². The van der Waals surface area contributed by atoms with Crippen LogP contribution in [0.3, 0.4) is 0 Å². The molecule has 2 rings (SSSR count). The molecular weight excluding hydrogens is 331 g/mol. The first-order valence-corrected chi connectivity index (χ1v) is 8.52. The minimum Gasteiger partial charge on any atom is -0.494 e. The molecule has 1 aromatic carbocycles. The highest BCUT2D eigenvalue weighted by molar-refractivity contribution is 7.89. The van der Waals surface area contributed by atoms with Crippen molar-refractivity contribution >= 4 is 22.4 Å². The van der Waals surface area contributed by atoms with Gasteiger partial charge in [-0.3, -0.25) is 0 Å². The van der Waals surface area contributed by atoms with Crippen LogP contribution in [0.1, 0.15) is 25.7 Å². The summed E-state index contributed by atoms with van der Waals surface area (Å²) < 4.78 is 45.6. The van der Waals surface area contributed by atoms with Crippen LogP contribution in [-0.4, -0.2) is 28.1 Å². The number of halogens is 2. The second-order valence-electron chi connectivity index (χ2n) is 5.30. The third-order valence-electron chi connectivity index (χ3n) is 3.96. The van der Waals surface area contributed by atoms with Crippen molar-refractivity contribution in [2.24, 2.45) is 11.7 Å². The largest absolute Gasteiger partial charge is 0.494 e. The van der Waals surface area contributed by atoms with Crippen LogP contribution >= 0.6 is 12.4 Å². The Labute approximate surface area is 136 Å². The van der Waals surface area contributed by atoms with Crippen molar-refractivity contribution in [2.75, 3.05) is 13.7 Å². The molecule has 1 unspecified atom stereocenters. The Morgan fingerprint density at radius 3 is 2.59 bits per heavy atom.